The highest BCUT2D eigenvalue weighted by atomic mass is 79.9. The van der Waals surface area contributed by atoms with Crippen molar-refractivity contribution in [3.05, 3.63) is 32.3 Å². The maximum atomic E-state index is 4.40. The average Bonchev–Trinajstić information content (AvgIpc) is 2.75. The second-order valence-electron chi connectivity index (χ2n) is 3.40. The number of rotatable bonds is 4. The molecule has 0 saturated carbocycles. The molecule has 2 aromatic rings. The van der Waals surface area contributed by atoms with Gasteiger partial charge in [-0.05, 0) is 44.5 Å². The fourth-order valence-electron chi connectivity index (χ4n) is 1.32. The monoisotopic (exact) mass is 375 g/mol. The van der Waals surface area contributed by atoms with E-state index in [0.29, 0.717) is 0 Å². The third-order valence-corrected chi connectivity index (χ3v) is 4.16. The quantitative estimate of drug-likeness (QED) is 0.880. The Hall–Kier alpha value is -0.300. The lowest BCUT2D eigenvalue weighted by Gasteiger charge is -1.99. The van der Waals surface area contributed by atoms with E-state index < -0.39 is 0 Å². The first-order valence-electron chi connectivity index (χ1n) is 5.17. The molecule has 0 unspecified atom stereocenters. The lowest BCUT2D eigenvalue weighted by molar-refractivity contribution is 0.734. The van der Waals surface area contributed by atoms with Crippen LogP contribution in [-0.2, 0) is 6.54 Å². The summed E-state index contributed by atoms with van der Waals surface area (Å²) in [7, 11) is 0. The normalized spacial score (nSPS) is 10.8. The summed E-state index contributed by atoms with van der Waals surface area (Å²) in [6.45, 7) is 3.92. The van der Waals surface area contributed by atoms with E-state index in [2.05, 4.69) is 54.1 Å². The van der Waals surface area contributed by atoms with Gasteiger partial charge in [0.25, 0.3) is 0 Å². The molecule has 0 atom stereocenters. The molecule has 6 heteroatoms. The van der Waals surface area contributed by atoms with Gasteiger partial charge >= 0.3 is 0 Å². The first-order valence-corrected chi connectivity index (χ1v) is 7.57. The maximum absolute atomic E-state index is 4.40. The molecule has 2 rings (SSSR count). The van der Waals surface area contributed by atoms with Crippen molar-refractivity contribution in [3.8, 4) is 10.7 Å². The molecule has 17 heavy (non-hydrogen) atoms. The number of hydrogen-bond donors (Lipinski definition) is 1. The summed E-state index contributed by atoms with van der Waals surface area (Å²) in [4.78, 5) is 10.00. The van der Waals surface area contributed by atoms with E-state index in [-0.39, 0.29) is 0 Å². The van der Waals surface area contributed by atoms with Crippen LogP contribution in [0.3, 0.4) is 0 Å². The van der Waals surface area contributed by atoms with E-state index in [9.17, 15) is 0 Å². The molecule has 1 N–H and O–H groups in total. The SMILES string of the molecule is CCNCc1cnc(-c2ncc(Br)cc2Br)s1. The summed E-state index contributed by atoms with van der Waals surface area (Å²) in [5.41, 5.74) is 0.890. The molecule has 0 aromatic carbocycles. The van der Waals surface area contributed by atoms with Crippen molar-refractivity contribution in [2.24, 2.45) is 0 Å². The van der Waals surface area contributed by atoms with Crippen LogP contribution in [0.15, 0.2) is 27.4 Å². The van der Waals surface area contributed by atoms with Gasteiger partial charge < -0.3 is 5.32 Å². The van der Waals surface area contributed by atoms with Crippen LogP contribution in [-0.4, -0.2) is 16.5 Å². The predicted molar refractivity (Wildman–Crippen MR) is 78.1 cm³/mol. The Morgan fingerprint density at radius 3 is 2.82 bits per heavy atom. The molecule has 3 nitrogen and oxygen atoms in total. The van der Waals surface area contributed by atoms with Crippen LogP contribution in [0.2, 0.25) is 0 Å². The standard InChI is InChI=1S/C11H11Br2N3S/c1-2-14-5-8-6-16-11(17-8)10-9(13)3-7(12)4-15-10/h3-4,6,14H,2,5H2,1H3. The van der Waals surface area contributed by atoms with Crippen LogP contribution in [0.4, 0.5) is 0 Å². The fourth-order valence-corrected chi connectivity index (χ4v) is 3.52. The average molecular weight is 377 g/mol. The molecule has 90 valence electrons. The van der Waals surface area contributed by atoms with Gasteiger partial charge in [0.2, 0.25) is 0 Å². The summed E-state index contributed by atoms with van der Waals surface area (Å²) in [5, 5.41) is 4.23. The largest absolute Gasteiger partial charge is 0.312 e. The molecule has 0 spiro atoms. The molecule has 0 aliphatic heterocycles. The molecule has 0 aliphatic carbocycles. The minimum Gasteiger partial charge on any atom is -0.312 e. The predicted octanol–water partition coefficient (Wildman–Crippen LogP) is 3.84. The summed E-state index contributed by atoms with van der Waals surface area (Å²) in [6, 6.07) is 1.98. The molecular formula is C11H11Br2N3S. The number of nitrogens with zero attached hydrogens (tertiary/aromatic N) is 2. The van der Waals surface area contributed by atoms with E-state index in [1.54, 1.807) is 17.5 Å². The Bertz CT molecular complexity index is 513. The highest BCUT2D eigenvalue weighted by Gasteiger charge is 2.10. The number of thiazole rings is 1. The third kappa shape index (κ3) is 3.34. The lowest BCUT2D eigenvalue weighted by Crippen LogP contribution is -2.10. The number of halogens is 2. The van der Waals surface area contributed by atoms with Crippen molar-refractivity contribution < 1.29 is 0 Å². The van der Waals surface area contributed by atoms with Crippen LogP contribution in [0.25, 0.3) is 10.7 Å². The zero-order valence-electron chi connectivity index (χ0n) is 9.20. The van der Waals surface area contributed by atoms with Crippen LogP contribution in [0.5, 0.6) is 0 Å². The topological polar surface area (TPSA) is 37.8 Å². The van der Waals surface area contributed by atoms with Gasteiger partial charge in [0.1, 0.15) is 10.7 Å². The maximum Gasteiger partial charge on any atom is 0.143 e. The van der Waals surface area contributed by atoms with Crippen molar-refractivity contribution in [2.75, 3.05) is 6.54 Å². The van der Waals surface area contributed by atoms with Gasteiger partial charge in [0, 0.05) is 32.8 Å². The van der Waals surface area contributed by atoms with Gasteiger partial charge in [0.15, 0.2) is 0 Å². The molecule has 0 bridgehead atoms. The fraction of sp³-hybridized carbons (Fsp3) is 0.273. The van der Waals surface area contributed by atoms with Gasteiger partial charge in [-0.2, -0.15) is 0 Å². The number of hydrogen-bond acceptors (Lipinski definition) is 4. The molecule has 0 radical (unpaired) electrons. The Kier molecular flexibility index (Phi) is 4.67. The van der Waals surface area contributed by atoms with E-state index in [1.807, 2.05) is 12.3 Å². The molecule has 0 aliphatic rings. The van der Waals surface area contributed by atoms with Gasteiger partial charge in [-0.3, -0.25) is 4.98 Å². The summed E-state index contributed by atoms with van der Waals surface area (Å²) < 4.78 is 1.91. The molecule has 0 amide bonds. The smallest absolute Gasteiger partial charge is 0.143 e. The Balaban J connectivity index is 2.24. The van der Waals surface area contributed by atoms with Gasteiger partial charge in [-0.25, -0.2) is 4.98 Å². The van der Waals surface area contributed by atoms with E-state index >= 15 is 0 Å². The zero-order valence-corrected chi connectivity index (χ0v) is 13.2. The summed E-state index contributed by atoms with van der Waals surface area (Å²) in [5.74, 6) is 0. The molecule has 0 saturated heterocycles. The first-order chi connectivity index (χ1) is 8.20. The second-order valence-corrected chi connectivity index (χ2v) is 6.28. The van der Waals surface area contributed by atoms with Crippen LogP contribution in [0.1, 0.15) is 11.8 Å². The Morgan fingerprint density at radius 2 is 2.12 bits per heavy atom. The van der Waals surface area contributed by atoms with Gasteiger partial charge in [0.05, 0.1) is 0 Å². The minimum absolute atomic E-state index is 0.863. The first kappa shape index (κ1) is 13.1. The number of aromatic nitrogens is 2. The second kappa shape index (κ2) is 6.04. The molecule has 2 heterocycles. The third-order valence-electron chi connectivity index (χ3n) is 2.11. The van der Waals surface area contributed by atoms with Crippen molar-refractivity contribution >= 4 is 43.2 Å². The minimum atomic E-state index is 0.863. The van der Waals surface area contributed by atoms with Crippen LogP contribution < -0.4 is 5.32 Å². The molecule has 0 fully saturated rings. The van der Waals surface area contributed by atoms with Crippen LogP contribution >= 0.6 is 43.2 Å². The van der Waals surface area contributed by atoms with E-state index in [0.717, 1.165) is 32.7 Å². The molecule has 2 aromatic heterocycles. The van der Waals surface area contributed by atoms with Crippen molar-refractivity contribution in [2.45, 2.75) is 13.5 Å². The van der Waals surface area contributed by atoms with Crippen LogP contribution in [0, 0.1) is 0 Å². The van der Waals surface area contributed by atoms with E-state index in [4.69, 9.17) is 0 Å². The van der Waals surface area contributed by atoms with Crippen molar-refractivity contribution in [1.82, 2.24) is 15.3 Å². The summed E-state index contributed by atoms with van der Waals surface area (Å²) in [6.07, 6.45) is 3.68. The zero-order chi connectivity index (χ0) is 12.3. The molecular weight excluding hydrogens is 366 g/mol. The Morgan fingerprint density at radius 1 is 1.29 bits per heavy atom. The highest BCUT2D eigenvalue weighted by Crippen LogP contribution is 2.31. The summed E-state index contributed by atoms with van der Waals surface area (Å²) >= 11 is 8.56. The Labute approximate surface area is 121 Å². The van der Waals surface area contributed by atoms with E-state index in [1.165, 1.54) is 4.88 Å². The van der Waals surface area contributed by atoms with Crippen molar-refractivity contribution in [3.63, 3.8) is 0 Å². The van der Waals surface area contributed by atoms with Crippen molar-refractivity contribution in [1.29, 1.82) is 0 Å². The highest BCUT2D eigenvalue weighted by molar-refractivity contribution is 9.11. The number of pyridine rings is 1. The van der Waals surface area contributed by atoms with Gasteiger partial charge in [-0.15, -0.1) is 11.3 Å². The number of nitrogens with one attached hydrogen (secondary N) is 1. The van der Waals surface area contributed by atoms with Gasteiger partial charge in [-0.1, -0.05) is 6.92 Å². The lowest BCUT2D eigenvalue weighted by atomic mass is 10.4.